The Hall–Kier alpha value is -3.94. The van der Waals surface area contributed by atoms with Gasteiger partial charge < -0.3 is 14.3 Å². The maximum absolute atomic E-state index is 13.3. The number of hydrogen-bond acceptors (Lipinski definition) is 7. The van der Waals surface area contributed by atoms with Crippen molar-refractivity contribution in [3.63, 3.8) is 0 Å². The van der Waals surface area contributed by atoms with Gasteiger partial charge in [-0.05, 0) is 67.3 Å². The van der Waals surface area contributed by atoms with Gasteiger partial charge in [-0.3, -0.25) is 14.5 Å². The van der Waals surface area contributed by atoms with Crippen molar-refractivity contribution in [3.8, 4) is 17.2 Å². The molecule has 8 nitrogen and oxygen atoms in total. The zero-order valence-corrected chi connectivity index (χ0v) is 18.8. The molecule has 3 aromatic rings. The van der Waals surface area contributed by atoms with Gasteiger partial charge in [-0.15, -0.1) is 10.2 Å². The molecule has 1 amide bonds. The van der Waals surface area contributed by atoms with Gasteiger partial charge in [0.05, 0.1) is 18.7 Å². The molecule has 1 saturated carbocycles. The quantitative estimate of drug-likeness (QED) is 0.338. The third-order valence-electron chi connectivity index (χ3n) is 6.70. The predicted octanol–water partition coefficient (Wildman–Crippen LogP) is 4.58. The number of nitrogens with zero attached hydrogens (tertiary/aromatic N) is 3. The number of aromatic nitrogens is 2. The first-order valence-electron chi connectivity index (χ1n) is 11.4. The van der Waals surface area contributed by atoms with Gasteiger partial charge in [0.2, 0.25) is 12.3 Å². The Morgan fingerprint density at radius 3 is 2.35 bits per heavy atom. The highest BCUT2D eigenvalue weighted by Crippen LogP contribution is 2.41. The first-order valence-corrected chi connectivity index (χ1v) is 11.4. The van der Waals surface area contributed by atoms with Crippen molar-refractivity contribution < 1.29 is 23.8 Å². The number of Topliss-reactive ketones (excluding diaryl/α,β-unsaturated/α-hetero) is 1. The predicted molar refractivity (Wildman–Crippen MR) is 125 cm³/mol. The Morgan fingerprint density at radius 1 is 1.03 bits per heavy atom. The van der Waals surface area contributed by atoms with Crippen LogP contribution in [0.2, 0.25) is 0 Å². The number of methoxy groups -OCH3 is 1. The summed E-state index contributed by atoms with van der Waals surface area (Å²) in [5.41, 5.74) is 1.95. The lowest BCUT2D eigenvalue weighted by Gasteiger charge is -2.34. The van der Waals surface area contributed by atoms with Gasteiger partial charge >= 0.3 is 0 Å². The van der Waals surface area contributed by atoms with Crippen LogP contribution in [0.4, 0.5) is 5.69 Å². The van der Waals surface area contributed by atoms with Gasteiger partial charge in [0.15, 0.2) is 0 Å². The van der Waals surface area contributed by atoms with Crippen LogP contribution in [0.25, 0.3) is 17.2 Å². The molecule has 1 atom stereocenters. The summed E-state index contributed by atoms with van der Waals surface area (Å²) in [6, 6.07) is 13.4. The average Bonchev–Trinajstić information content (AvgIpc) is 3.52. The van der Waals surface area contributed by atoms with Gasteiger partial charge in [0, 0.05) is 16.8 Å². The molecule has 1 aromatic heterocycles. The Kier molecular flexibility index (Phi) is 5.88. The summed E-state index contributed by atoms with van der Waals surface area (Å²) in [4.78, 5) is 28.1. The molecule has 5 rings (SSSR count). The van der Waals surface area contributed by atoms with E-state index >= 15 is 0 Å². The molecule has 2 aromatic carbocycles. The fourth-order valence-corrected chi connectivity index (χ4v) is 5.00. The number of hydrogen-bond donors (Lipinski definition) is 1. The fourth-order valence-electron chi connectivity index (χ4n) is 5.00. The third-order valence-corrected chi connectivity index (χ3v) is 6.70. The number of aliphatic hydroxyl groups is 1. The van der Waals surface area contributed by atoms with Gasteiger partial charge in [-0.1, -0.05) is 19.3 Å². The molecule has 34 heavy (non-hydrogen) atoms. The van der Waals surface area contributed by atoms with Gasteiger partial charge in [-0.2, -0.15) is 0 Å². The van der Waals surface area contributed by atoms with E-state index in [1.165, 1.54) is 6.39 Å². The topological polar surface area (TPSA) is 106 Å². The van der Waals surface area contributed by atoms with Crippen LogP contribution in [0.3, 0.4) is 0 Å². The Morgan fingerprint density at radius 2 is 1.74 bits per heavy atom. The van der Waals surface area contributed by atoms with Crippen molar-refractivity contribution in [1.29, 1.82) is 0 Å². The van der Waals surface area contributed by atoms with E-state index < -0.39 is 17.7 Å². The standard InChI is InChI=1S/C26H25N3O5/c1-33-20-13-9-17(10-14-20)23(30)21-22(16-5-3-2-4-6-16)29(26(32)24(21)31)19-11-7-18(8-12-19)25-28-27-15-34-25/h7-16,22,30H,2-6H2,1H3. The number of ether oxygens (including phenoxy) is 1. The summed E-state index contributed by atoms with van der Waals surface area (Å²) >= 11 is 0. The summed E-state index contributed by atoms with van der Waals surface area (Å²) in [7, 11) is 1.56. The van der Waals surface area contributed by atoms with E-state index in [4.69, 9.17) is 9.15 Å². The number of aliphatic hydroxyl groups excluding tert-OH is 1. The first kappa shape index (κ1) is 21.9. The van der Waals surface area contributed by atoms with Crippen molar-refractivity contribution in [2.75, 3.05) is 12.0 Å². The molecule has 2 heterocycles. The number of ketones is 1. The monoisotopic (exact) mass is 459 g/mol. The summed E-state index contributed by atoms with van der Waals surface area (Å²) in [6.45, 7) is 0. The summed E-state index contributed by atoms with van der Waals surface area (Å²) in [5, 5.41) is 18.8. The summed E-state index contributed by atoms with van der Waals surface area (Å²) in [6.07, 6.45) is 6.23. The Bertz CT molecular complexity index is 1210. The molecule has 2 aliphatic rings. The normalized spacial score (nSPS) is 20.6. The zero-order valence-electron chi connectivity index (χ0n) is 18.8. The molecule has 0 bridgehead atoms. The number of carbonyl (C=O) groups excluding carboxylic acids is 2. The molecule has 1 N–H and O–H groups in total. The van der Waals surface area contributed by atoms with Crippen LogP contribution in [0.5, 0.6) is 5.75 Å². The molecular formula is C26H25N3O5. The van der Waals surface area contributed by atoms with E-state index in [0.717, 1.165) is 32.1 Å². The largest absolute Gasteiger partial charge is 0.507 e. The summed E-state index contributed by atoms with van der Waals surface area (Å²) in [5.74, 6) is -0.350. The molecule has 1 unspecified atom stereocenters. The highest BCUT2D eigenvalue weighted by atomic mass is 16.5. The zero-order chi connectivity index (χ0) is 23.7. The number of benzene rings is 2. The van der Waals surface area contributed by atoms with E-state index in [0.29, 0.717) is 28.5 Å². The van der Waals surface area contributed by atoms with E-state index in [2.05, 4.69) is 10.2 Å². The highest BCUT2D eigenvalue weighted by Gasteiger charge is 2.49. The first-order chi connectivity index (χ1) is 16.6. The van der Waals surface area contributed by atoms with Crippen molar-refractivity contribution in [1.82, 2.24) is 10.2 Å². The van der Waals surface area contributed by atoms with E-state index in [1.807, 2.05) is 0 Å². The maximum atomic E-state index is 13.3. The second kappa shape index (κ2) is 9.13. The number of rotatable bonds is 5. The highest BCUT2D eigenvalue weighted by molar-refractivity contribution is 6.51. The second-order valence-electron chi connectivity index (χ2n) is 8.63. The third kappa shape index (κ3) is 3.85. The fraction of sp³-hybridized carbons (Fsp3) is 0.308. The van der Waals surface area contributed by atoms with Crippen LogP contribution in [-0.4, -0.2) is 40.1 Å². The van der Waals surface area contributed by atoms with E-state index in [-0.39, 0.29) is 17.3 Å². The van der Waals surface area contributed by atoms with Crippen LogP contribution >= 0.6 is 0 Å². The minimum absolute atomic E-state index is 0.0789. The molecule has 174 valence electrons. The lowest BCUT2D eigenvalue weighted by atomic mass is 9.80. The Balaban J connectivity index is 1.58. The van der Waals surface area contributed by atoms with Crippen molar-refractivity contribution in [2.24, 2.45) is 5.92 Å². The molecule has 2 fully saturated rings. The molecule has 1 aliphatic heterocycles. The number of amides is 1. The van der Waals surface area contributed by atoms with Gasteiger partial charge in [0.1, 0.15) is 11.5 Å². The lowest BCUT2D eigenvalue weighted by molar-refractivity contribution is -0.132. The molecule has 0 spiro atoms. The van der Waals surface area contributed by atoms with Crippen LogP contribution in [-0.2, 0) is 9.59 Å². The smallest absolute Gasteiger partial charge is 0.299 e. The van der Waals surface area contributed by atoms with Crippen molar-refractivity contribution in [2.45, 2.75) is 38.1 Å². The molecule has 8 heteroatoms. The van der Waals surface area contributed by atoms with Crippen LogP contribution in [0.1, 0.15) is 37.7 Å². The van der Waals surface area contributed by atoms with Crippen LogP contribution < -0.4 is 9.64 Å². The van der Waals surface area contributed by atoms with Crippen molar-refractivity contribution in [3.05, 3.63) is 66.1 Å². The van der Waals surface area contributed by atoms with E-state index in [9.17, 15) is 14.7 Å². The SMILES string of the molecule is COc1ccc(C(O)=C2C(=O)C(=O)N(c3ccc(-c4nnco4)cc3)C2C2CCCCC2)cc1. The number of anilines is 1. The minimum Gasteiger partial charge on any atom is -0.507 e. The molecule has 1 saturated heterocycles. The van der Waals surface area contributed by atoms with Gasteiger partial charge in [-0.25, -0.2) is 0 Å². The molecular weight excluding hydrogens is 434 g/mol. The lowest BCUT2D eigenvalue weighted by Crippen LogP contribution is -2.40. The molecule has 0 radical (unpaired) electrons. The average molecular weight is 460 g/mol. The van der Waals surface area contributed by atoms with Gasteiger partial charge in [0.25, 0.3) is 11.7 Å². The Labute approximate surface area is 196 Å². The second-order valence-corrected chi connectivity index (χ2v) is 8.63. The van der Waals surface area contributed by atoms with Crippen molar-refractivity contribution >= 4 is 23.1 Å². The number of carbonyl (C=O) groups is 2. The molecule has 1 aliphatic carbocycles. The van der Waals surface area contributed by atoms with E-state index in [1.54, 1.807) is 60.5 Å². The van der Waals surface area contributed by atoms with Crippen LogP contribution in [0, 0.1) is 5.92 Å². The maximum Gasteiger partial charge on any atom is 0.299 e. The minimum atomic E-state index is -0.662. The summed E-state index contributed by atoms with van der Waals surface area (Å²) < 4.78 is 10.4. The van der Waals surface area contributed by atoms with Crippen LogP contribution in [0.15, 0.2) is 64.9 Å².